The number of esters is 1. The zero-order valence-electron chi connectivity index (χ0n) is 15.4. The van der Waals surface area contributed by atoms with Crippen LogP contribution in [0.1, 0.15) is 48.3 Å². The highest BCUT2D eigenvalue weighted by atomic mass is 35.5. The number of benzene rings is 1. The summed E-state index contributed by atoms with van der Waals surface area (Å²) < 4.78 is 5.20. The fourth-order valence-corrected chi connectivity index (χ4v) is 3.25. The van der Waals surface area contributed by atoms with Crippen LogP contribution in [0.5, 0.6) is 0 Å². The van der Waals surface area contributed by atoms with Gasteiger partial charge in [-0.3, -0.25) is 4.79 Å². The van der Waals surface area contributed by atoms with E-state index in [0.717, 1.165) is 38.8 Å². The van der Waals surface area contributed by atoms with Gasteiger partial charge in [-0.1, -0.05) is 36.9 Å². The quantitative estimate of drug-likeness (QED) is 0.749. The highest BCUT2D eigenvalue weighted by molar-refractivity contribution is 6.30. The van der Waals surface area contributed by atoms with Crippen LogP contribution in [0.25, 0.3) is 5.69 Å². The van der Waals surface area contributed by atoms with Gasteiger partial charge in [-0.05, 0) is 38.0 Å². The number of ether oxygens (including phenoxy) is 1. The van der Waals surface area contributed by atoms with Gasteiger partial charge in [0.25, 0.3) is 5.91 Å². The molecule has 0 saturated carbocycles. The van der Waals surface area contributed by atoms with E-state index in [9.17, 15) is 9.59 Å². The number of carbonyl (C=O) groups excluding carboxylic acids is 2. The zero-order valence-corrected chi connectivity index (χ0v) is 16.1. The lowest BCUT2D eigenvalue weighted by Gasteiger charge is -2.24. The number of amides is 1. The number of aromatic nitrogens is 3. The van der Waals surface area contributed by atoms with E-state index in [1.165, 1.54) is 11.2 Å². The molecule has 1 amide bonds. The number of halogens is 1. The lowest BCUT2D eigenvalue weighted by Crippen LogP contribution is -2.37. The molecule has 7 nitrogen and oxygen atoms in total. The van der Waals surface area contributed by atoms with Gasteiger partial charge in [-0.25, -0.2) is 4.79 Å². The first kappa shape index (κ1) is 19.4. The van der Waals surface area contributed by atoms with Gasteiger partial charge in [0.05, 0.1) is 11.4 Å². The monoisotopic (exact) mass is 390 g/mol. The summed E-state index contributed by atoms with van der Waals surface area (Å²) in [5.41, 5.74) is 1.16. The van der Waals surface area contributed by atoms with Crippen molar-refractivity contribution in [1.82, 2.24) is 19.9 Å². The summed E-state index contributed by atoms with van der Waals surface area (Å²) >= 11 is 5.98. The molecular formula is C19H23ClN4O3. The van der Waals surface area contributed by atoms with Crippen molar-refractivity contribution in [3.63, 3.8) is 0 Å². The molecule has 1 aliphatic rings. The molecule has 0 atom stereocenters. The molecule has 1 fully saturated rings. The van der Waals surface area contributed by atoms with Gasteiger partial charge in [0.15, 0.2) is 12.3 Å². The predicted octanol–water partition coefficient (Wildman–Crippen LogP) is 3.18. The molecule has 0 aliphatic carbocycles. The van der Waals surface area contributed by atoms with Crippen LogP contribution < -0.4 is 0 Å². The Morgan fingerprint density at radius 3 is 2.52 bits per heavy atom. The SMILES string of the molecule is Cc1nn(-c2cccc(Cl)c2)nc1C(=O)OCC(=O)N1CCCCCCC1. The molecule has 1 aromatic heterocycles. The second-order valence-corrected chi connectivity index (χ2v) is 7.06. The van der Waals surface area contributed by atoms with Crippen LogP contribution in [0.4, 0.5) is 0 Å². The number of likely N-dealkylation sites (tertiary alicyclic amines) is 1. The van der Waals surface area contributed by atoms with E-state index in [4.69, 9.17) is 16.3 Å². The van der Waals surface area contributed by atoms with Gasteiger partial charge in [0.1, 0.15) is 0 Å². The van der Waals surface area contributed by atoms with Crippen LogP contribution in [-0.2, 0) is 9.53 Å². The lowest BCUT2D eigenvalue weighted by molar-refractivity contribution is -0.134. The largest absolute Gasteiger partial charge is 0.451 e. The minimum absolute atomic E-state index is 0.0930. The van der Waals surface area contributed by atoms with Crippen molar-refractivity contribution in [3.05, 3.63) is 40.7 Å². The molecule has 0 N–H and O–H groups in total. The Morgan fingerprint density at radius 2 is 1.81 bits per heavy atom. The Bertz CT molecular complexity index is 813. The smallest absolute Gasteiger partial charge is 0.361 e. The Hall–Kier alpha value is -2.41. The molecule has 3 rings (SSSR count). The summed E-state index contributed by atoms with van der Waals surface area (Å²) in [4.78, 5) is 27.8. The highest BCUT2D eigenvalue weighted by Gasteiger charge is 2.21. The van der Waals surface area contributed by atoms with Gasteiger partial charge in [0, 0.05) is 18.1 Å². The molecule has 0 unspecified atom stereocenters. The van der Waals surface area contributed by atoms with E-state index in [0.29, 0.717) is 16.4 Å². The fraction of sp³-hybridized carbons (Fsp3) is 0.474. The van der Waals surface area contributed by atoms with Crippen LogP contribution in [0, 0.1) is 6.92 Å². The van der Waals surface area contributed by atoms with Gasteiger partial charge in [-0.15, -0.1) is 5.10 Å². The molecule has 27 heavy (non-hydrogen) atoms. The van der Waals surface area contributed by atoms with Crippen molar-refractivity contribution >= 4 is 23.5 Å². The molecule has 2 heterocycles. The third-order valence-corrected chi connectivity index (χ3v) is 4.79. The number of aryl methyl sites for hydroxylation is 1. The van der Waals surface area contributed by atoms with E-state index in [2.05, 4.69) is 10.2 Å². The Labute approximate surface area is 163 Å². The highest BCUT2D eigenvalue weighted by Crippen LogP contribution is 2.15. The van der Waals surface area contributed by atoms with E-state index in [1.54, 1.807) is 36.1 Å². The molecule has 144 valence electrons. The molecule has 1 aromatic carbocycles. The molecule has 1 aliphatic heterocycles. The topological polar surface area (TPSA) is 77.3 Å². The van der Waals surface area contributed by atoms with Crippen molar-refractivity contribution in [3.8, 4) is 5.69 Å². The maximum Gasteiger partial charge on any atom is 0.361 e. The summed E-state index contributed by atoms with van der Waals surface area (Å²) in [6.45, 7) is 2.84. The van der Waals surface area contributed by atoms with E-state index >= 15 is 0 Å². The average Bonchev–Trinajstić information content (AvgIpc) is 3.01. The maximum atomic E-state index is 12.4. The molecule has 8 heteroatoms. The number of hydrogen-bond acceptors (Lipinski definition) is 5. The summed E-state index contributed by atoms with van der Waals surface area (Å²) in [6.07, 6.45) is 5.48. The van der Waals surface area contributed by atoms with Crippen LogP contribution in [-0.4, -0.2) is 51.5 Å². The van der Waals surface area contributed by atoms with Crippen molar-refractivity contribution in [2.75, 3.05) is 19.7 Å². The van der Waals surface area contributed by atoms with E-state index < -0.39 is 5.97 Å². The van der Waals surface area contributed by atoms with Crippen LogP contribution >= 0.6 is 11.6 Å². The second-order valence-electron chi connectivity index (χ2n) is 6.63. The molecule has 0 bridgehead atoms. The molecular weight excluding hydrogens is 368 g/mol. The lowest BCUT2D eigenvalue weighted by atomic mass is 10.1. The normalized spacial score (nSPS) is 15.1. The first-order chi connectivity index (χ1) is 13.0. The van der Waals surface area contributed by atoms with E-state index in [-0.39, 0.29) is 18.2 Å². The van der Waals surface area contributed by atoms with Crippen molar-refractivity contribution < 1.29 is 14.3 Å². The first-order valence-electron chi connectivity index (χ1n) is 9.19. The van der Waals surface area contributed by atoms with Gasteiger partial charge < -0.3 is 9.64 Å². The minimum Gasteiger partial charge on any atom is -0.451 e. The second kappa shape index (κ2) is 8.99. The average molecular weight is 391 g/mol. The number of hydrogen-bond donors (Lipinski definition) is 0. The number of carbonyl (C=O) groups is 2. The predicted molar refractivity (Wildman–Crippen MR) is 101 cm³/mol. The Morgan fingerprint density at radius 1 is 1.11 bits per heavy atom. The Balaban J connectivity index is 1.61. The van der Waals surface area contributed by atoms with E-state index in [1.807, 2.05) is 0 Å². The third kappa shape index (κ3) is 5.07. The summed E-state index contributed by atoms with van der Waals surface area (Å²) in [5, 5.41) is 8.97. The minimum atomic E-state index is -0.652. The first-order valence-corrected chi connectivity index (χ1v) is 9.57. The van der Waals surface area contributed by atoms with Crippen molar-refractivity contribution in [1.29, 1.82) is 0 Å². The van der Waals surface area contributed by atoms with Gasteiger partial charge in [0.2, 0.25) is 0 Å². The van der Waals surface area contributed by atoms with Crippen molar-refractivity contribution in [2.45, 2.75) is 39.0 Å². The van der Waals surface area contributed by atoms with Gasteiger partial charge >= 0.3 is 5.97 Å². The van der Waals surface area contributed by atoms with Gasteiger partial charge in [-0.2, -0.15) is 9.90 Å². The fourth-order valence-electron chi connectivity index (χ4n) is 3.07. The molecule has 0 spiro atoms. The summed E-state index contributed by atoms with van der Waals surface area (Å²) in [5.74, 6) is -0.814. The molecule has 2 aromatic rings. The molecule has 0 radical (unpaired) electrons. The summed E-state index contributed by atoms with van der Waals surface area (Å²) in [7, 11) is 0. The zero-order chi connectivity index (χ0) is 19.2. The molecule has 1 saturated heterocycles. The summed E-state index contributed by atoms with van der Waals surface area (Å²) in [6, 6.07) is 7.00. The maximum absolute atomic E-state index is 12.4. The van der Waals surface area contributed by atoms with Crippen LogP contribution in [0.2, 0.25) is 5.02 Å². The van der Waals surface area contributed by atoms with Crippen molar-refractivity contribution in [2.24, 2.45) is 0 Å². The Kier molecular flexibility index (Phi) is 6.45. The third-order valence-electron chi connectivity index (χ3n) is 4.55. The van der Waals surface area contributed by atoms with Crippen LogP contribution in [0.15, 0.2) is 24.3 Å². The standard InChI is InChI=1S/C19H23ClN4O3/c1-14-18(22-24(21-14)16-9-7-8-15(20)12-16)19(26)27-13-17(25)23-10-5-3-2-4-6-11-23/h7-9,12H,2-6,10-11,13H2,1H3. The number of rotatable bonds is 4. The van der Waals surface area contributed by atoms with Crippen LogP contribution in [0.3, 0.4) is 0 Å². The number of nitrogens with zero attached hydrogens (tertiary/aromatic N) is 4.